The molecule has 0 saturated carbocycles. The van der Waals surface area contributed by atoms with E-state index in [2.05, 4.69) is 11.8 Å². The molecule has 1 aliphatic heterocycles. The van der Waals surface area contributed by atoms with Crippen LogP contribution in [-0.2, 0) is 11.3 Å². The third kappa shape index (κ3) is 3.24. The van der Waals surface area contributed by atoms with Crippen molar-refractivity contribution in [2.75, 3.05) is 6.54 Å². The minimum atomic E-state index is -0.682. The molecule has 18 heavy (non-hydrogen) atoms. The molecule has 98 valence electrons. The number of hydrogen-bond acceptors (Lipinski definition) is 2. The first kappa shape index (κ1) is 13.4. The van der Waals surface area contributed by atoms with Crippen LogP contribution in [0.3, 0.4) is 0 Å². The number of aliphatic carboxylic acids is 1. The van der Waals surface area contributed by atoms with Crippen LogP contribution in [0, 0.1) is 5.92 Å². The molecule has 0 aromatic heterocycles. The van der Waals surface area contributed by atoms with Crippen LogP contribution in [0.15, 0.2) is 24.3 Å². The molecule has 1 N–H and O–H groups in total. The summed E-state index contributed by atoms with van der Waals surface area (Å²) in [6.45, 7) is 3.55. The zero-order chi connectivity index (χ0) is 13.1. The van der Waals surface area contributed by atoms with Crippen LogP contribution in [0.2, 0.25) is 5.02 Å². The first-order valence-electron chi connectivity index (χ1n) is 6.27. The Hall–Kier alpha value is -1.06. The maximum atomic E-state index is 11.1. The van der Waals surface area contributed by atoms with Gasteiger partial charge in [0.1, 0.15) is 0 Å². The van der Waals surface area contributed by atoms with Gasteiger partial charge in [-0.1, -0.05) is 23.7 Å². The Morgan fingerprint density at radius 2 is 2.28 bits per heavy atom. The Kier molecular flexibility index (Phi) is 4.25. The highest BCUT2D eigenvalue weighted by Gasteiger charge is 2.29. The van der Waals surface area contributed by atoms with Gasteiger partial charge < -0.3 is 5.11 Å². The topological polar surface area (TPSA) is 40.5 Å². The van der Waals surface area contributed by atoms with Crippen molar-refractivity contribution >= 4 is 17.6 Å². The van der Waals surface area contributed by atoms with Crippen LogP contribution in [0.1, 0.15) is 25.3 Å². The maximum Gasteiger partial charge on any atom is 0.307 e. The Balaban J connectivity index is 2.04. The number of hydrogen-bond donors (Lipinski definition) is 1. The largest absolute Gasteiger partial charge is 0.481 e. The Morgan fingerprint density at radius 1 is 1.50 bits per heavy atom. The summed E-state index contributed by atoms with van der Waals surface area (Å²) in [6.07, 6.45) is 1.72. The molecule has 2 atom stereocenters. The van der Waals surface area contributed by atoms with E-state index < -0.39 is 5.97 Å². The van der Waals surface area contributed by atoms with Crippen molar-refractivity contribution in [1.29, 1.82) is 0 Å². The molecule has 0 amide bonds. The normalized spacial score (nSPS) is 25.0. The van der Waals surface area contributed by atoms with Crippen molar-refractivity contribution in [2.24, 2.45) is 5.92 Å². The average Bonchev–Trinajstić information content (AvgIpc) is 2.31. The Labute approximate surface area is 112 Å². The molecule has 1 aromatic rings. The van der Waals surface area contributed by atoms with Crippen LogP contribution in [0.5, 0.6) is 0 Å². The second-order valence-electron chi connectivity index (χ2n) is 5.02. The Morgan fingerprint density at radius 3 is 2.94 bits per heavy atom. The van der Waals surface area contributed by atoms with Gasteiger partial charge in [-0.2, -0.15) is 0 Å². The number of nitrogens with zero attached hydrogens (tertiary/aromatic N) is 1. The second-order valence-corrected chi connectivity index (χ2v) is 5.46. The molecule has 3 nitrogen and oxygen atoms in total. The molecule has 1 saturated heterocycles. The fraction of sp³-hybridized carbons (Fsp3) is 0.500. The average molecular weight is 268 g/mol. The second kappa shape index (κ2) is 5.72. The first-order valence-corrected chi connectivity index (χ1v) is 6.65. The van der Waals surface area contributed by atoms with E-state index in [1.807, 2.05) is 24.3 Å². The van der Waals surface area contributed by atoms with Crippen LogP contribution < -0.4 is 0 Å². The number of carboxylic acid groups (broad SMARTS) is 1. The lowest BCUT2D eigenvalue weighted by molar-refractivity contribution is -0.144. The summed E-state index contributed by atoms with van der Waals surface area (Å²) in [5.41, 5.74) is 1.14. The van der Waals surface area contributed by atoms with Gasteiger partial charge in [0, 0.05) is 24.2 Å². The summed E-state index contributed by atoms with van der Waals surface area (Å²) in [5, 5.41) is 9.83. The molecule has 0 radical (unpaired) electrons. The molecule has 0 bridgehead atoms. The number of carboxylic acids is 1. The molecule has 1 fully saturated rings. The van der Waals surface area contributed by atoms with Crippen molar-refractivity contribution in [3.05, 3.63) is 34.9 Å². The quantitative estimate of drug-likeness (QED) is 0.915. The van der Waals surface area contributed by atoms with E-state index in [1.54, 1.807) is 0 Å². The Bertz CT molecular complexity index is 436. The molecule has 0 spiro atoms. The fourth-order valence-corrected chi connectivity index (χ4v) is 2.68. The highest BCUT2D eigenvalue weighted by molar-refractivity contribution is 6.30. The minimum absolute atomic E-state index is 0.236. The summed E-state index contributed by atoms with van der Waals surface area (Å²) in [7, 11) is 0. The molecular formula is C14H18ClNO2. The third-order valence-corrected chi connectivity index (χ3v) is 3.87. The number of carbonyl (C=O) groups is 1. The summed E-state index contributed by atoms with van der Waals surface area (Å²) in [6, 6.07) is 8.19. The number of rotatable bonds is 3. The first-order chi connectivity index (χ1) is 8.56. The van der Waals surface area contributed by atoms with Gasteiger partial charge in [0.25, 0.3) is 0 Å². The van der Waals surface area contributed by atoms with Crippen LogP contribution in [-0.4, -0.2) is 28.6 Å². The van der Waals surface area contributed by atoms with E-state index in [4.69, 9.17) is 16.7 Å². The lowest BCUT2D eigenvalue weighted by atomic mass is 9.93. The summed E-state index contributed by atoms with van der Waals surface area (Å²) < 4.78 is 0. The van der Waals surface area contributed by atoms with Gasteiger partial charge in [0.2, 0.25) is 0 Å². The van der Waals surface area contributed by atoms with Crippen molar-refractivity contribution in [3.63, 3.8) is 0 Å². The predicted molar refractivity (Wildman–Crippen MR) is 71.7 cm³/mol. The summed E-state index contributed by atoms with van der Waals surface area (Å²) in [4.78, 5) is 13.3. The molecule has 1 aliphatic rings. The molecule has 2 rings (SSSR count). The number of benzene rings is 1. The molecule has 2 unspecified atom stereocenters. The highest BCUT2D eigenvalue weighted by Crippen LogP contribution is 2.24. The fourth-order valence-electron chi connectivity index (χ4n) is 2.47. The lowest BCUT2D eigenvalue weighted by Crippen LogP contribution is -2.43. The minimum Gasteiger partial charge on any atom is -0.481 e. The van der Waals surface area contributed by atoms with Crippen molar-refractivity contribution in [2.45, 2.75) is 32.4 Å². The van der Waals surface area contributed by atoms with Gasteiger partial charge >= 0.3 is 5.97 Å². The van der Waals surface area contributed by atoms with E-state index in [-0.39, 0.29) is 5.92 Å². The molecule has 0 aliphatic carbocycles. The van der Waals surface area contributed by atoms with Gasteiger partial charge in [0.15, 0.2) is 0 Å². The zero-order valence-electron chi connectivity index (χ0n) is 10.5. The zero-order valence-corrected chi connectivity index (χ0v) is 11.2. The lowest BCUT2D eigenvalue weighted by Gasteiger charge is -2.36. The van der Waals surface area contributed by atoms with Crippen LogP contribution in [0.25, 0.3) is 0 Å². The van der Waals surface area contributed by atoms with Gasteiger partial charge in [-0.25, -0.2) is 0 Å². The summed E-state index contributed by atoms with van der Waals surface area (Å²) in [5.74, 6) is -0.918. The van der Waals surface area contributed by atoms with E-state index in [0.717, 1.165) is 30.0 Å². The standard InChI is InChI=1S/C14H18ClNO2/c1-10-5-6-12(14(17)18)9-16(10)8-11-3-2-4-13(15)7-11/h2-4,7,10,12H,5-6,8-9H2,1H3,(H,17,18). The van der Waals surface area contributed by atoms with Gasteiger partial charge in [0.05, 0.1) is 5.92 Å². The van der Waals surface area contributed by atoms with Crippen molar-refractivity contribution < 1.29 is 9.90 Å². The van der Waals surface area contributed by atoms with E-state index >= 15 is 0 Å². The maximum absolute atomic E-state index is 11.1. The molecule has 4 heteroatoms. The number of piperidine rings is 1. The van der Waals surface area contributed by atoms with E-state index in [0.29, 0.717) is 12.6 Å². The van der Waals surface area contributed by atoms with Gasteiger partial charge in [-0.05, 0) is 37.5 Å². The number of halogens is 1. The third-order valence-electron chi connectivity index (χ3n) is 3.64. The van der Waals surface area contributed by atoms with Gasteiger partial charge in [-0.15, -0.1) is 0 Å². The molecule has 1 aromatic carbocycles. The summed E-state index contributed by atoms with van der Waals surface area (Å²) >= 11 is 5.97. The molecular weight excluding hydrogens is 250 g/mol. The van der Waals surface area contributed by atoms with Crippen molar-refractivity contribution in [1.82, 2.24) is 4.90 Å². The molecule has 1 heterocycles. The smallest absolute Gasteiger partial charge is 0.307 e. The monoisotopic (exact) mass is 267 g/mol. The van der Waals surface area contributed by atoms with Crippen LogP contribution in [0.4, 0.5) is 0 Å². The van der Waals surface area contributed by atoms with Gasteiger partial charge in [-0.3, -0.25) is 9.69 Å². The van der Waals surface area contributed by atoms with E-state index in [1.165, 1.54) is 0 Å². The van der Waals surface area contributed by atoms with Crippen LogP contribution >= 0.6 is 11.6 Å². The van der Waals surface area contributed by atoms with E-state index in [9.17, 15) is 4.79 Å². The SMILES string of the molecule is CC1CCC(C(=O)O)CN1Cc1cccc(Cl)c1. The van der Waals surface area contributed by atoms with Crippen molar-refractivity contribution in [3.8, 4) is 0 Å². The predicted octanol–water partition coefficient (Wildman–Crippen LogP) is 3.03. The number of likely N-dealkylation sites (tertiary alicyclic amines) is 1. The highest BCUT2D eigenvalue weighted by atomic mass is 35.5.